The average molecular weight is 349 g/mol. The molecule has 6 nitrogen and oxygen atoms in total. The lowest BCUT2D eigenvalue weighted by Crippen LogP contribution is -2.41. The van der Waals surface area contributed by atoms with Crippen LogP contribution in [0.4, 0.5) is 5.69 Å². The average Bonchev–Trinajstić information content (AvgIpc) is 2.54. The van der Waals surface area contributed by atoms with Gasteiger partial charge in [0, 0.05) is 26.1 Å². The second-order valence-corrected chi connectivity index (χ2v) is 8.24. The van der Waals surface area contributed by atoms with Crippen LogP contribution in [0.5, 0.6) is 0 Å². The fraction of sp³-hybridized carbons (Fsp3) is 0.529. The summed E-state index contributed by atoms with van der Waals surface area (Å²) in [6.07, 6.45) is 3.40. The van der Waals surface area contributed by atoms with Gasteiger partial charge in [-0.25, -0.2) is 8.42 Å². The van der Waals surface area contributed by atoms with Gasteiger partial charge in [-0.05, 0) is 43.0 Å². The summed E-state index contributed by atoms with van der Waals surface area (Å²) >= 11 is 0. The van der Waals surface area contributed by atoms with E-state index in [9.17, 15) is 13.2 Å². The predicted octanol–water partition coefficient (Wildman–Crippen LogP) is 1.97. The van der Waals surface area contributed by atoms with Crippen LogP contribution in [0.1, 0.15) is 31.7 Å². The Labute approximate surface area is 143 Å². The molecule has 1 atom stereocenters. The van der Waals surface area contributed by atoms with Crippen molar-refractivity contribution in [1.82, 2.24) is 4.90 Å². The number of anilines is 1. The molecule has 2 rings (SSSR count). The van der Waals surface area contributed by atoms with Crippen LogP contribution in [0.3, 0.4) is 0 Å². The highest BCUT2D eigenvalue weighted by Gasteiger charge is 2.23. The highest BCUT2D eigenvalue weighted by molar-refractivity contribution is 7.92. The molecule has 7 heteroatoms. The summed E-state index contributed by atoms with van der Waals surface area (Å²) in [6, 6.07) is 8.32. The van der Waals surface area contributed by atoms with E-state index >= 15 is 0 Å². The van der Waals surface area contributed by atoms with E-state index < -0.39 is 10.0 Å². The number of piperidine rings is 1. The van der Waals surface area contributed by atoms with Crippen LogP contribution >= 0.6 is 0 Å². The Morgan fingerprint density at radius 2 is 2.04 bits per heavy atom. The Bertz CT molecular complexity index is 722. The maximum atomic E-state index is 12.4. The molecule has 0 bridgehead atoms. The van der Waals surface area contributed by atoms with Gasteiger partial charge in [-0.3, -0.25) is 9.10 Å². The molecule has 1 aliphatic rings. The molecule has 1 aromatic rings. The number of nitriles is 1. The van der Waals surface area contributed by atoms with Crippen LogP contribution in [0.25, 0.3) is 0 Å². The fourth-order valence-electron chi connectivity index (χ4n) is 2.96. The van der Waals surface area contributed by atoms with Crippen LogP contribution in [-0.2, 0) is 14.8 Å². The standard InChI is InChI=1S/C17H23N3O3S/c1-14-4-3-10-19(13-14)17(21)9-11-20(24(2,22)23)16-7-5-15(12-18)6-8-16/h5-8,14H,3-4,9-11,13H2,1-2H3. The Balaban J connectivity index is 2.07. The minimum absolute atomic E-state index is 0.0103. The normalized spacial score (nSPS) is 18.0. The molecule has 0 saturated carbocycles. The number of sulfonamides is 1. The molecule has 0 spiro atoms. The number of rotatable bonds is 5. The van der Waals surface area contributed by atoms with Gasteiger partial charge in [-0.1, -0.05) is 6.92 Å². The van der Waals surface area contributed by atoms with Gasteiger partial charge in [0.1, 0.15) is 0 Å². The Kier molecular flexibility index (Phi) is 5.84. The van der Waals surface area contributed by atoms with E-state index in [4.69, 9.17) is 5.26 Å². The van der Waals surface area contributed by atoms with Crippen molar-refractivity contribution in [2.45, 2.75) is 26.2 Å². The summed E-state index contributed by atoms with van der Waals surface area (Å²) in [6.45, 7) is 3.72. The van der Waals surface area contributed by atoms with Crippen molar-refractivity contribution in [3.8, 4) is 6.07 Å². The Hall–Kier alpha value is -2.07. The van der Waals surface area contributed by atoms with Gasteiger partial charge < -0.3 is 4.90 Å². The molecule has 1 aliphatic heterocycles. The molecule has 1 amide bonds. The molecule has 1 saturated heterocycles. The fourth-order valence-corrected chi connectivity index (χ4v) is 3.89. The zero-order valence-corrected chi connectivity index (χ0v) is 14.9. The first-order chi connectivity index (χ1) is 11.3. The van der Waals surface area contributed by atoms with E-state index in [-0.39, 0.29) is 18.9 Å². The Morgan fingerprint density at radius 3 is 2.58 bits per heavy atom. The summed E-state index contributed by atoms with van der Waals surface area (Å²) in [4.78, 5) is 14.2. The molecule has 24 heavy (non-hydrogen) atoms. The number of hydrogen-bond donors (Lipinski definition) is 0. The summed E-state index contributed by atoms with van der Waals surface area (Å²) in [5.41, 5.74) is 0.932. The quantitative estimate of drug-likeness (QED) is 0.814. The van der Waals surface area contributed by atoms with E-state index in [0.29, 0.717) is 17.2 Å². The lowest BCUT2D eigenvalue weighted by Gasteiger charge is -2.31. The first-order valence-corrected chi connectivity index (χ1v) is 9.91. The summed E-state index contributed by atoms with van der Waals surface area (Å²) in [5, 5.41) is 8.84. The molecule has 1 unspecified atom stereocenters. The summed E-state index contributed by atoms with van der Waals surface area (Å²) in [5.74, 6) is 0.482. The van der Waals surface area contributed by atoms with E-state index in [0.717, 1.165) is 32.2 Å². The van der Waals surface area contributed by atoms with Crippen LogP contribution < -0.4 is 4.31 Å². The molecule has 130 valence electrons. The Morgan fingerprint density at radius 1 is 1.38 bits per heavy atom. The monoisotopic (exact) mass is 349 g/mol. The van der Waals surface area contributed by atoms with Gasteiger partial charge in [0.15, 0.2) is 0 Å². The maximum Gasteiger partial charge on any atom is 0.232 e. The lowest BCUT2D eigenvalue weighted by molar-refractivity contribution is -0.132. The van der Waals surface area contributed by atoms with E-state index in [1.807, 2.05) is 11.0 Å². The number of likely N-dealkylation sites (tertiary alicyclic amines) is 1. The third-order valence-electron chi connectivity index (χ3n) is 4.22. The number of nitrogens with zero attached hydrogens (tertiary/aromatic N) is 3. The van der Waals surface area contributed by atoms with E-state index in [2.05, 4.69) is 6.92 Å². The second kappa shape index (κ2) is 7.67. The van der Waals surface area contributed by atoms with Crippen molar-refractivity contribution in [2.75, 3.05) is 30.2 Å². The highest BCUT2D eigenvalue weighted by atomic mass is 32.2. The molecule has 1 heterocycles. The van der Waals surface area contributed by atoms with E-state index in [1.165, 1.54) is 4.31 Å². The smallest absolute Gasteiger partial charge is 0.232 e. The van der Waals surface area contributed by atoms with Crippen molar-refractivity contribution in [1.29, 1.82) is 5.26 Å². The largest absolute Gasteiger partial charge is 0.342 e. The van der Waals surface area contributed by atoms with Crippen molar-refractivity contribution < 1.29 is 13.2 Å². The topological polar surface area (TPSA) is 81.5 Å². The van der Waals surface area contributed by atoms with Crippen LogP contribution in [0.15, 0.2) is 24.3 Å². The van der Waals surface area contributed by atoms with Crippen LogP contribution in [0.2, 0.25) is 0 Å². The SMILES string of the molecule is CC1CCCN(C(=O)CCN(c2ccc(C#N)cc2)S(C)(=O)=O)C1. The summed E-state index contributed by atoms with van der Waals surface area (Å²) < 4.78 is 25.3. The zero-order valence-electron chi connectivity index (χ0n) is 14.1. The molecule has 0 N–H and O–H groups in total. The third-order valence-corrected chi connectivity index (χ3v) is 5.42. The molecule has 0 radical (unpaired) electrons. The number of amides is 1. The first kappa shape index (κ1) is 18.3. The number of carbonyl (C=O) groups is 1. The minimum atomic E-state index is -3.50. The first-order valence-electron chi connectivity index (χ1n) is 8.07. The van der Waals surface area contributed by atoms with E-state index in [1.54, 1.807) is 24.3 Å². The summed E-state index contributed by atoms with van der Waals surface area (Å²) in [7, 11) is -3.50. The molecular weight excluding hydrogens is 326 g/mol. The number of hydrogen-bond acceptors (Lipinski definition) is 4. The molecule has 1 fully saturated rings. The van der Waals surface area contributed by atoms with Gasteiger partial charge in [0.05, 0.1) is 23.6 Å². The molecule has 0 aliphatic carbocycles. The van der Waals surface area contributed by atoms with Crippen molar-refractivity contribution in [3.05, 3.63) is 29.8 Å². The molecule has 1 aromatic carbocycles. The molecular formula is C17H23N3O3S. The van der Waals surface area contributed by atoms with Crippen molar-refractivity contribution in [3.63, 3.8) is 0 Å². The third kappa shape index (κ3) is 4.71. The number of benzene rings is 1. The zero-order chi connectivity index (χ0) is 17.7. The van der Waals surface area contributed by atoms with Gasteiger partial charge in [-0.2, -0.15) is 5.26 Å². The lowest BCUT2D eigenvalue weighted by atomic mass is 10.00. The maximum absolute atomic E-state index is 12.4. The highest BCUT2D eigenvalue weighted by Crippen LogP contribution is 2.20. The predicted molar refractivity (Wildman–Crippen MR) is 92.9 cm³/mol. The van der Waals surface area contributed by atoms with Gasteiger partial charge in [0.2, 0.25) is 15.9 Å². The number of carbonyl (C=O) groups excluding carboxylic acids is 1. The molecule has 0 aromatic heterocycles. The minimum Gasteiger partial charge on any atom is -0.342 e. The van der Waals surface area contributed by atoms with Gasteiger partial charge >= 0.3 is 0 Å². The van der Waals surface area contributed by atoms with Crippen molar-refractivity contribution in [2.24, 2.45) is 5.92 Å². The van der Waals surface area contributed by atoms with Crippen molar-refractivity contribution >= 4 is 21.6 Å². The van der Waals surface area contributed by atoms with Crippen LogP contribution in [-0.4, -0.2) is 45.1 Å². The second-order valence-electron chi connectivity index (χ2n) is 6.33. The van der Waals surface area contributed by atoms with Gasteiger partial charge in [-0.15, -0.1) is 0 Å². The van der Waals surface area contributed by atoms with Crippen LogP contribution in [0, 0.1) is 17.2 Å². The van der Waals surface area contributed by atoms with Gasteiger partial charge in [0.25, 0.3) is 0 Å².